The molecule has 6 aromatic carbocycles. The molecule has 0 heterocycles. The topological polar surface area (TPSA) is 3.24 Å². The minimum absolute atomic E-state index is 1.03. The molecule has 0 fully saturated rings. The van der Waals surface area contributed by atoms with Gasteiger partial charge in [0.25, 0.3) is 0 Å². The second-order valence-corrected chi connectivity index (χ2v) is 8.64. The van der Waals surface area contributed by atoms with Crippen molar-refractivity contribution >= 4 is 17.1 Å². The molecule has 0 unspecified atom stereocenters. The van der Waals surface area contributed by atoms with E-state index in [2.05, 4.69) is 138 Å². The smallest absolute Gasteiger partial charge is 0.0461 e. The molecule has 0 aromatic heterocycles. The average molecular weight is 672 g/mol. The van der Waals surface area contributed by atoms with Gasteiger partial charge in [0.05, 0.1) is 0 Å². The van der Waals surface area contributed by atoms with E-state index in [1.54, 1.807) is 0 Å². The molecule has 0 saturated carbocycles. The third-order valence-electron chi connectivity index (χ3n) is 5.80. The molecule has 0 radical (unpaired) electrons. The number of hydrogen-bond acceptors (Lipinski definition) is 1. The van der Waals surface area contributed by atoms with Gasteiger partial charge >= 0.3 is 0 Å². The third kappa shape index (κ3) is 23.4. The molecule has 0 aliphatic heterocycles. The van der Waals surface area contributed by atoms with Crippen LogP contribution in [0.15, 0.2) is 188 Å². The molecule has 0 aliphatic carbocycles. The Morgan fingerprint density at radius 1 is 0.240 bits per heavy atom. The van der Waals surface area contributed by atoms with Crippen LogP contribution in [0.3, 0.4) is 0 Å². The van der Waals surface area contributed by atoms with Crippen molar-refractivity contribution in [3.05, 3.63) is 199 Å². The number of rotatable bonds is 5. The molecule has 1 heteroatoms. The van der Waals surface area contributed by atoms with Crippen LogP contribution in [-0.4, -0.2) is 0 Å². The van der Waals surface area contributed by atoms with Crippen LogP contribution in [0, 0.1) is 0 Å². The molecule has 6 aromatic rings. The minimum atomic E-state index is 1.03. The van der Waals surface area contributed by atoms with Crippen molar-refractivity contribution in [2.24, 2.45) is 0 Å². The predicted octanol–water partition coefficient (Wildman–Crippen LogP) is 16.3. The number of hydrogen-bond donors (Lipinski definition) is 0. The SMILES string of the molecule is CC.CC.CC.CC.CC.CC.c1ccc(Cc2ccccc2)cc1.c1ccc(N(c2ccccc2)c2ccccc2)cc1.c1ccccc1. The third-order valence-corrected chi connectivity index (χ3v) is 5.80. The van der Waals surface area contributed by atoms with Crippen molar-refractivity contribution in [1.82, 2.24) is 0 Å². The van der Waals surface area contributed by atoms with Crippen LogP contribution >= 0.6 is 0 Å². The highest BCUT2D eigenvalue weighted by Crippen LogP contribution is 2.33. The zero-order valence-electron chi connectivity index (χ0n) is 33.6. The van der Waals surface area contributed by atoms with Gasteiger partial charge in [-0.05, 0) is 53.9 Å². The average Bonchev–Trinajstić information content (AvgIpc) is 3.25. The summed E-state index contributed by atoms with van der Waals surface area (Å²) in [4.78, 5) is 2.25. The van der Waals surface area contributed by atoms with Crippen LogP contribution in [0.1, 0.15) is 94.2 Å². The van der Waals surface area contributed by atoms with Crippen LogP contribution < -0.4 is 4.90 Å². The summed E-state index contributed by atoms with van der Waals surface area (Å²) in [6.45, 7) is 24.0. The monoisotopic (exact) mass is 672 g/mol. The quantitative estimate of drug-likeness (QED) is 0.176. The number of anilines is 3. The van der Waals surface area contributed by atoms with Gasteiger partial charge in [-0.2, -0.15) is 0 Å². The van der Waals surface area contributed by atoms with E-state index >= 15 is 0 Å². The Labute approximate surface area is 309 Å². The van der Waals surface area contributed by atoms with Crippen LogP contribution in [0.5, 0.6) is 0 Å². The first-order chi connectivity index (χ1) is 24.9. The summed E-state index contributed by atoms with van der Waals surface area (Å²) in [5, 5.41) is 0. The summed E-state index contributed by atoms with van der Waals surface area (Å²) in [6.07, 6.45) is 1.03. The lowest BCUT2D eigenvalue weighted by atomic mass is 10.1. The van der Waals surface area contributed by atoms with Gasteiger partial charge in [0.2, 0.25) is 0 Å². The van der Waals surface area contributed by atoms with Crippen molar-refractivity contribution in [2.45, 2.75) is 89.5 Å². The zero-order chi connectivity index (χ0) is 38.1. The predicted molar refractivity (Wildman–Crippen MR) is 231 cm³/mol. The fourth-order valence-corrected chi connectivity index (χ4v) is 3.99. The zero-order valence-corrected chi connectivity index (χ0v) is 33.6. The van der Waals surface area contributed by atoms with Crippen molar-refractivity contribution in [3.8, 4) is 0 Å². The van der Waals surface area contributed by atoms with Crippen molar-refractivity contribution in [3.63, 3.8) is 0 Å². The van der Waals surface area contributed by atoms with Gasteiger partial charge in [-0.3, -0.25) is 0 Å². The molecule has 6 rings (SSSR count). The fourth-order valence-electron chi connectivity index (χ4n) is 3.99. The summed E-state index contributed by atoms with van der Waals surface area (Å²) >= 11 is 0. The molecular weight excluding hydrogens is 603 g/mol. The second kappa shape index (κ2) is 40.3. The number of nitrogens with zero attached hydrogens (tertiary/aromatic N) is 1. The van der Waals surface area contributed by atoms with E-state index in [1.807, 2.05) is 138 Å². The highest BCUT2D eigenvalue weighted by molar-refractivity contribution is 5.76. The molecule has 0 aliphatic rings. The summed E-state index contributed by atoms with van der Waals surface area (Å²) in [7, 11) is 0. The summed E-state index contributed by atoms with van der Waals surface area (Å²) in [6, 6.07) is 64.3. The van der Waals surface area contributed by atoms with Gasteiger partial charge in [-0.25, -0.2) is 0 Å². The first-order valence-corrected chi connectivity index (χ1v) is 18.9. The molecule has 0 N–H and O–H groups in total. The van der Waals surface area contributed by atoms with E-state index in [0.29, 0.717) is 0 Å². The van der Waals surface area contributed by atoms with Gasteiger partial charge < -0.3 is 4.90 Å². The first kappa shape index (κ1) is 49.5. The van der Waals surface area contributed by atoms with E-state index in [9.17, 15) is 0 Å². The fraction of sp³-hybridized carbons (Fsp3) is 0.265. The molecule has 0 atom stereocenters. The standard InChI is InChI=1S/C18H15N.C13H12.C6H6.6C2H6/c1-4-10-16(11-5-1)19(17-12-6-2-7-13-17)18-14-8-3-9-15-18;1-3-7-12(8-4-1)11-13-9-5-2-6-10-13;1-2-4-6-5-3-1;6*1-2/h1-15H;1-10H,11H2;1-6H;6*1-2H3. The molecule has 0 bridgehead atoms. The van der Waals surface area contributed by atoms with Gasteiger partial charge in [0.15, 0.2) is 0 Å². The Morgan fingerprint density at radius 2 is 0.400 bits per heavy atom. The normalized spacial score (nSPS) is 8.08. The van der Waals surface area contributed by atoms with Crippen molar-refractivity contribution in [2.75, 3.05) is 4.90 Å². The van der Waals surface area contributed by atoms with Crippen molar-refractivity contribution in [1.29, 1.82) is 0 Å². The lowest BCUT2D eigenvalue weighted by Gasteiger charge is -2.25. The Hall–Kier alpha value is -4.88. The van der Waals surface area contributed by atoms with Gasteiger partial charge in [-0.1, -0.05) is 235 Å². The van der Waals surface area contributed by atoms with Crippen LogP contribution in [0.25, 0.3) is 0 Å². The van der Waals surface area contributed by atoms with Crippen LogP contribution in [0.4, 0.5) is 17.1 Å². The highest BCUT2D eigenvalue weighted by Gasteiger charge is 2.10. The molecular formula is C49H69N. The summed E-state index contributed by atoms with van der Waals surface area (Å²) < 4.78 is 0. The molecule has 0 saturated heterocycles. The lowest BCUT2D eigenvalue weighted by Crippen LogP contribution is -2.09. The van der Waals surface area contributed by atoms with Crippen molar-refractivity contribution < 1.29 is 0 Å². The van der Waals surface area contributed by atoms with Crippen LogP contribution in [0.2, 0.25) is 0 Å². The maximum absolute atomic E-state index is 2.25. The van der Waals surface area contributed by atoms with Gasteiger partial charge in [0, 0.05) is 17.1 Å². The Bertz CT molecular complexity index is 1230. The molecule has 50 heavy (non-hydrogen) atoms. The molecule has 1 nitrogen and oxygen atoms in total. The first-order valence-electron chi connectivity index (χ1n) is 18.9. The van der Waals surface area contributed by atoms with E-state index < -0.39 is 0 Å². The van der Waals surface area contributed by atoms with E-state index in [-0.39, 0.29) is 0 Å². The lowest BCUT2D eigenvalue weighted by molar-refractivity contribution is 1.19. The number of para-hydroxylation sites is 3. The molecule has 270 valence electrons. The maximum atomic E-state index is 2.25. The molecule has 0 amide bonds. The Kier molecular flexibility index (Phi) is 39.9. The van der Waals surface area contributed by atoms with E-state index in [1.165, 1.54) is 28.2 Å². The molecule has 0 spiro atoms. The maximum Gasteiger partial charge on any atom is 0.0461 e. The second-order valence-electron chi connectivity index (χ2n) is 8.64. The minimum Gasteiger partial charge on any atom is -0.311 e. The van der Waals surface area contributed by atoms with Gasteiger partial charge in [0.1, 0.15) is 0 Å². The van der Waals surface area contributed by atoms with Gasteiger partial charge in [-0.15, -0.1) is 0 Å². The Balaban J connectivity index is -0.000000619. The van der Waals surface area contributed by atoms with Crippen LogP contribution in [-0.2, 0) is 6.42 Å². The summed E-state index contributed by atoms with van der Waals surface area (Å²) in [5.41, 5.74) is 6.24. The largest absolute Gasteiger partial charge is 0.311 e. The highest BCUT2D eigenvalue weighted by atomic mass is 15.1. The summed E-state index contributed by atoms with van der Waals surface area (Å²) in [5.74, 6) is 0. The van der Waals surface area contributed by atoms with E-state index in [0.717, 1.165) is 6.42 Å². The van der Waals surface area contributed by atoms with E-state index in [4.69, 9.17) is 0 Å². The Morgan fingerprint density at radius 3 is 0.600 bits per heavy atom. The number of benzene rings is 6.